The summed E-state index contributed by atoms with van der Waals surface area (Å²) in [5, 5.41) is 2.73. The number of hydrogen-bond acceptors (Lipinski definition) is 3. The first-order valence-corrected chi connectivity index (χ1v) is 9.84. The van der Waals surface area contributed by atoms with E-state index in [1.807, 2.05) is 54.6 Å². The molecular weight excluding hydrogens is 405 g/mol. The van der Waals surface area contributed by atoms with Crippen molar-refractivity contribution in [2.24, 2.45) is 0 Å². The van der Waals surface area contributed by atoms with E-state index in [0.29, 0.717) is 28.8 Å². The predicted molar refractivity (Wildman–Crippen MR) is 116 cm³/mol. The smallest absolute Gasteiger partial charge is 0.273 e. The van der Waals surface area contributed by atoms with Gasteiger partial charge >= 0.3 is 0 Å². The maximum Gasteiger partial charge on any atom is 0.273 e. The average Bonchev–Trinajstić information content (AvgIpc) is 2.75. The highest BCUT2D eigenvalue weighted by molar-refractivity contribution is 6.42. The second-order valence-corrected chi connectivity index (χ2v) is 7.43. The molecule has 29 heavy (non-hydrogen) atoms. The number of fused-ring (bicyclic) bond motifs is 1. The maximum atomic E-state index is 13.5. The largest absolute Gasteiger partial charge is 0.327 e. The van der Waals surface area contributed by atoms with Crippen molar-refractivity contribution in [2.45, 2.75) is 13.1 Å². The normalized spacial score (nSPS) is 10.8. The molecule has 1 amide bonds. The van der Waals surface area contributed by atoms with Gasteiger partial charge in [-0.15, -0.1) is 0 Å². The van der Waals surface area contributed by atoms with Gasteiger partial charge in [0.15, 0.2) is 0 Å². The van der Waals surface area contributed by atoms with Gasteiger partial charge < -0.3 is 4.90 Å². The summed E-state index contributed by atoms with van der Waals surface area (Å²) in [6, 6.07) is 20.6. The summed E-state index contributed by atoms with van der Waals surface area (Å²) in [7, 11) is 0. The monoisotopic (exact) mass is 421 g/mol. The number of nitrogens with zero attached hydrogens (tertiary/aromatic N) is 3. The Labute approximate surface area is 178 Å². The van der Waals surface area contributed by atoms with E-state index in [-0.39, 0.29) is 5.91 Å². The van der Waals surface area contributed by atoms with Crippen molar-refractivity contribution in [3.63, 3.8) is 0 Å². The zero-order valence-electron chi connectivity index (χ0n) is 15.4. The Morgan fingerprint density at radius 1 is 0.828 bits per heavy atom. The second kappa shape index (κ2) is 8.60. The van der Waals surface area contributed by atoms with Crippen LogP contribution in [0.25, 0.3) is 10.8 Å². The molecule has 6 heteroatoms. The molecular formula is C23H17Cl2N3O. The van der Waals surface area contributed by atoms with Crippen molar-refractivity contribution in [3.8, 4) is 0 Å². The van der Waals surface area contributed by atoms with Crippen molar-refractivity contribution in [1.82, 2.24) is 14.9 Å². The Kier molecular flexibility index (Phi) is 5.74. The standard InChI is InChI=1S/C23H17Cl2N3O/c24-20-9-8-16(13-21(20)25)14-28(15-18-6-3-4-11-26-18)23(29)22-19-7-2-1-5-17(19)10-12-27-22/h1-13H,14-15H2. The van der Waals surface area contributed by atoms with Crippen molar-refractivity contribution in [3.05, 3.63) is 106 Å². The summed E-state index contributed by atoms with van der Waals surface area (Å²) in [5.74, 6) is -0.168. The zero-order valence-corrected chi connectivity index (χ0v) is 16.9. The van der Waals surface area contributed by atoms with E-state index in [4.69, 9.17) is 23.2 Å². The lowest BCUT2D eigenvalue weighted by molar-refractivity contribution is 0.0724. The first-order valence-electron chi connectivity index (χ1n) is 9.08. The average molecular weight is 422 g/mol. The summed E-state index contributed by atoms with van der Waals surface area (Å²) in [4.78, 5) is 24.0. The number of pyridine rings is 2. The molecule has 4 nitrogen and oxygen atoms in total. The fourth-order valence-electron chi connectivity index (χ4n) is 3.18. The Morgan fingerprint density at radius 3 is 2.45 bits per heavy atom. The van der Waals surface area contributed by atoms with Gasteiger partial charge in [-0.25, -0.2) is 0 Å². The molecule has 0 saturated heterocycles. The molecule has 4 rings (SSSR count). The fourth-order valence-corrected chi connectivity index (χ4v) is 3.51. The Bertz CT molecular complexity index is 1160. The highest BCUT2D eigenvalue weighted by Gasteiger charge is 2.21. The third kappa shape index (κ3) is 4.39. The molecule has 0 bridgehead atoms. The Morgan fingerprint density at radius 2 is 1.66 bits per heavy atom. The van der Waals surface area contributed by atoms with Crippen LogP contribution in [0.3, 0.4) is 0 Å². The van der Waals surface area contributed by atoms with E-state index in [1.54, 1.807) is 29.4 Å². The zero-order chi connectivity index (χ0) is 20.2. The van der Waals surface area contributed by atoms with Crippen molar-refractivity contribution in [1.29, 1.82) is 0 Å². The summed E-state index contributed by atoms with van der Waals surface area (Å²) in [6.45, 7) is 0.710. The van der Waals surface area contributed by atoms with Gasteiger partial charge in [0.25, 0.3) is 5.91 Å². The second-order valence-electron chi connectivity index (χ2n) is 6.61. The van der Waals surface area contributed by atoms with Crippen LogP contribution in [-0.4, -0.2) is 20.8 Å². The molecule has 0 atom stereocenters. The van der Waals surface area contributed by atoms with Gasteiger partial charge in [0.05, 0.1) is 22.3 Å². The predicted octanol–water partition coefficient (Wildman–Crippen LogP) is 5.78. The summed E-state index contributed by atoms with van der Waals surface area (Å²) >= 11 is 12.2. The van der Waals surface area contributed by atoms with Gasteiger partial charge in [-0.05, 0) is 41.3 Å². The van der Waals surface area contributed by atoms with Gasteiger partial charge in [0.2, 0.25) is 0 Å². The van der Waals surface area contributed by atoms with Gasteiger partial charge in [-0.2, -0.15) is 0 Å². The van der Waals surface area contributed by atoms with E-state index in [9.17, 15) is 4.79 Å². The Hall–Kier alpha value is -2.95. The fraction of sp³-hybridized carbons (Fsp3) is 0.0870. The molecule has 0 aliphatic rings. The van der Waals surface area contributed by atoms with Crippen LogP contribution in [0.1, 0.15) is 21.7 Å². The quantitative estimate of drug-likeness (QED) is 0.410. The summed E-state index contributed by atoms with van der Waals surface area (Å²) < 4.78 is 0. The van der Waals surface area contributed by atoms with Crippen LogP contribution in [0.5, 0.6) is 0 Å². The molecule has 0 radical (unpaired) electrons. The molecule has 144 valence electrons. The third-order valence-electron chi connectivity index (χ3n) is 4.60. The van der Waals surface area contributed by atoms with Crippen LogP contribution >= 0.6 is 23.2 Å². The first-order chi connectivity index (χ1) is 14.1. The van der Waals surface area contributed by atoms with Gasteiger partial charge in [0.1, 0.15) is 5.69 Å². The van der Waals surface area contributed by atoms with Crippen LogP contribution < -0.4 is 0 Å². The molecule has 0 fully saturated rings. The molecule has 0 aliphatic heterocycles. The van der Waals surface area contributed by atoms with Crippen molar-refractivity contribution < 1.29 is 4.79 Å². The lowest BCUT2D eigenvalue weighted by Crippen LogP contribution is -2.31. The van der Waals surface area contributed by atoms with Crippen LogP contribution in [-0.2, 0) is 13.1 Å². The number of carbonyl (C=O) groups is 1. The number of benzene rings is 2. The lowest BCUT2D eigenvalue weighted by Gasteiger charge is -2.23. The van der Waals surface area contributed by atoms with Crippen LogP contribution in [0.2, 0.25) is 10.0 Å². The highest BCUT2D eigenvalue weighted by atomic mass is 35.5. The van der Waals surface area contributed by atoms with Crippen LogP contribution in [0, 0.1) is 0 Å². The highest BCUT2D eigenvalue weighted by Crippen LogP contribution is 2.25. The van der Waals surface area contributed by atoms with E-state index >= 15 is 0 Å². The number of aromatic nitrogens is 2. The Balaban J connectivity index is 1.72. The molecule has 2 aromatic carbocycles. The number of carbonyl (C=O) groups excluding carboxylic acids is 1. The molecule has 0 unspecified atom stereocenters. The van der Waals surface area contributed by atoms with Gasteiger partial charge in [-0.3, -0.25) is 14.8 Å². The number of hydrogen-bond donors (Lipinski definition) is 0. The molecule has 0 aliphatic carbocycles. The molecule has 0 saturated carbocycles. The topological polar surface area (TPSA) is 46.1 Å². The SMILES string of the molecule is O=C(c1nccc2ccccc12)N(Cc1ccc(Cl)c(Cl)c1)Cc1ccccn1. The minimum Gasteiger partial charge on any atom is -0.327 e. The number of rotatable bonds is 5. The number of halogens is 2. The minimum atomic E-state index is -0.168. The summed E-state index contributed by atoms with van der Waals surface area (Å²) in [6.07, 6.45) is 3.38. The molecule has 0 spiro atoms. The lowest BCUT2D eigenvalue weighted by atomic mass is 10.1. The van der Waals surface area contributed by atoms with Gasteiger partial charge in [-0.1, -0.05) is 59.6 Å². The van der Waals surface area contributed by atoms with E-state index in [2.05, 4.69) is 9.97 Å². The molecule has 0 N–H and O–H groups in total. The minimum absolute atomic E-state index is 0.168. The molecule has 2 aromatic heterocycles. The third-order valence-corrected chi connectivity index (χ3v) is 5.34. The summed E-state index contributed by atoms with van der Waals surface area (Å²) in [5.41, 5.74) is 2.09. The number of amides is 1. The van der Waals surface area contributed by atoms with E-state index in [0.717, 1.165) is 22.0 Å². The van der Waals surface area contributed by atoms with Gasteiger partial charge in [0, 0.05) is 24.3 Å². The molecule has 4 aromatic rings. The van der Waals surface area contributed by atoms with Crippen molar-refractivity contribution >= 4 is 39.9 Å². The van der Waals surface area contributed by atoms with E-state index < -0.39 is 0 Å². The first kappa shape index (κ1) is 19.4. The maximum absolute atomic E-state index is 13.5. The van der Waals surface area contributed by atoms with Crippen molar-refractivity contribution in [2.75, 3.05) is 0 Å². The molecule has 2 heterocycles. The van der Waals surface area contributed by atoms with Crippen LogP contribution in [0.15, 0.2) is 79.1 Å². The van der Waals surface area contributed by atoms with Crippen LogP contribution in [0.4, 0.5) is 0 Å². The van der Waals surface area contributed by atoms with E-state index in [1.165, 1.54) is 0 Å².